The second-order valence-corrected chi connectivity index (χ2v) is 8.49. The van der Waals surface area contributed by atoms with Crippen LogP contribution < -0.4 is 5.32 Å². The molecule has 3 rings (SSSR count). The summed E-state index contributed by atoms with van der Waals surface area (Å²) in [6.07, 6.45) is 2.32. The molecule has 2 aliphatic rings. The molecule has 0 bridgehead atoms. The van der Waals surface area contributed by atoms with Crippen molar-refractivity contribution in [1.82, 2.24) is 5.32 Å². The lowest BCUT2D eigenvalue weighted by atomic mass is 9.92. The van der Waals surface area contributed by atoms with Gasteiger partial charge in [0.2, 0.25) is 0 Å². The summed E-state index contributed by atoms with van der Waals surface area (Å²) in [7, 11) is -3.27. The van der Waals surface area contributed by atoms with Crippen LogP contribution in [0.3, 0.4) is 0 Å². The molecule has 0 radical (unpaired) electrons. The topological polar surface area (TPSA) is 55.4 Å². The van der Waals surface area contributed by atoms with Crippen LogP contribution in [0.25, 0.3) is 0 Å². The van der Waals surface area contributed by atoms with Gasteiger partial charge in [-0.2, -0.15) is 0 Å². The quantitative estimate of drug-likeness (QED) is 0.897. The van der Waals surface area contributed by atoms with E-state index in [0.29, 0.717) is 28.5 Å². The van der Waals surface area contributed by atoms with E-state index in [2.05, 4.69) is 21.2 Å². The van der Waals surface area contributed by atoms with E-state index >= 15 is 0 Å². The van der Waals surface area contributed by atoms with Crippen molar-refractivity contribution >= 4 is 25.8 Å². The summed E-state index contributed by atoms with van der Waals surface area (Å²) in [5.41, 5.74) is 1.20. The number of sulfone groups is 1. The van der Waals surface area contributed by atoms with Crippen LogP contribution in [-0.4, -0.2) is 40.0 Å². The van der Waals surface area contributed by atoms with Gasteiger partial charge < -0.3 is 10.1 Å². The van der Waals surface area contributed by atoms with Crippen LogP contribution in [0.15, 0.2) is 27.6 Å². The maximum Gasteiger partial charge on any atom is 0.186 e. The highest BCUT2D eigenvalue weighted by Gasteiger charge is 2.35. The fourth-order valence-corrected chi connectivity index (χ4v) is 5.28. The van der Waals surface area contributed by atoms with Crippen molar-refractivity contribution in [2.45, 2.75) is 28.9 Å². The van der Waals surface area contributed by atoms with Gasteiger partial charge in [-0.05, 0) is 58.9 Å². The fourth-order valence-electron chi connectivity index (χ4n) is 2.71. The number of hydrogen-bond donors (Lipinski definition) is 1. The van der Waals surface area contributed by atoms with Crippen LogP contribution >= 0.6 is 15.9 Å². The van der Waals surface area contributed by atoms with E-state index in [1.54, 1.807) is 6.07 Å². The lowest BCUT2D eigenvalue weighted by Gasteiger charge is -2.27. The highest BCUT2D eigenvalue weighted by Crippen LogP contribution is 2.32. The molecule has 1 N–H and O–H groups in total. The standard InChI is InChI=1S/C14H18BrNO3S/c15-13-6-10(11-2-1-5-16-7-11)3-4-14(13)20(17,18)12-8-19-9-12/h3-4,6,11-12,16H,1-2,5,7-9H2. The van der Waals surface area contributed by atoms with Crippen LogP contribution in [0.2, 0.25) is 0 Å². The highest BCUT2D eigenvalue weighted by molar-refractivity contribution is 9.10. The summed E-state index contributed by atoms with van der Waals surface area (Å²) < 4.78 is 30.5. The minimum atomic E-state index is -3.27. The van der Waals surface area contributed by atoms with E-state index in [4.69, 9.17) is 4.74 Å². The molecule has 110 valence electrons. The highest BCUT2D eigenvalue weighted by atomic mass is 79.9. The predicted molar refractivity (Wildman–Crippen MR) is 80.8 cm³/mol. The molecule has 1 atom stereocenters. The van der Waals surface area contributed by atoms with Gasteiger partial charge in [-0.15, -0.1) is 0 Å². The van der Waals surface area contributed by atoms with Crippen LogP contribution in [0.4, 0.5) is 0 Å². The molecule has 4 nitrogen and oxygen atoms in total. The Morgan fingerprint density at radius 1 is 1.30 bits per heavy atom. The van der Waals surface area contributed by atoms with Gasteiger partial charge in [0.15, 0.2) is 9.84 Å². The number of piperidine rings is 1. The van der Waals surface area contributed by atoms with E-state index in [1.807, 2.05) is 12.1 Å². The summed E-state index contributed by atoms with van der Waals surface area (Å²) in [4.78, 5) is 0.387. The van der Waals surface area contributed by atoms with Crippen molar-refractivity contribution in [3.63, 3.8) is 0 Å². The fraction of sp³-hybridized carbons (Fsp3) is 0.571. The van der Waals surface area contributed by atoms with Crippen molar-refractivity contribution in [1.29, 1.82) is 0 Å². The molecule has 2 fully saturated rings. The van der Waals surface area contributed by atoms with Crippen molar-refractivity contribution < 1.29 is 13.2 Å². The normalized spacial score (nSPS) is 24.4. The van der Waals surface area contributed by atoms with E-state index in [9.17, 15) is 8.42 Å². The number of hydrogen-bond acceptors (Lipinski definition) is 4. The zero-order chi connectivity index (χ0) is 14.2. The molecular formula is C14H18BrNO3S. The molecule has 20 heavy (non-hydrogen) atoms. The van der Waals surface area contributed by atoms with Gasteiger partial charge in [-0.3, -0.25) is 0 Å². The first-order chi connectivity index (χ1) is 9.59. The Hall–Kier alpha value is -0.430. The molecule has 2 saturated heterocycles. The Bertz CT molecular complexity index is 592. The number of halogens is 1. The zero-order valence-corrected chi connectivity index (χ0v) is 13.5. The predicted octanol–water partition coefficient (Wildman–Crippen LogP) is 2.09. The van der Waals surface area contributed by atoms with E-state index in [0.717, 1.165) is 19.5 Å². The third-order valence-electron chi connectivity index (χ3n) is 4.08. The summed E-state index contributed by atoms with van der Waals surface area (Å²) in [5.74, 6) is 0.476. The van der Waals surface area contributed by atoms with E-state index < -0.39 is 9.84 Å². The molecular weight excluding hydrogens is 342 g/mol. The van der Waals surface area contributed by atoms with Crippen LogP contribution in [-0.2, 0) is 14.6 Å². The molecule has 1 aromatic rings. The SMILES string of the molecule is O=S(=O)(c1ccc(C2CCCNC2)cc1Br)C1COC1. The minimum absolute atomic E-state index is 0.309. The van der Waals surface area contributed by atoms with Gasteiger partial charge in [-0.1, -0.05) is 6.07 Å². The largest absolute Gasteiger partial charge is 0.379 e. The molecule has 2 heterocycles. The maximum atomic E-state index is 12.4. The van der Waals surface area contributed by atoms with Gasteiger partial charge in [0.05, 0.1) is 18.1 Å². The first-order valence-corrected chi connectivity index (χ1v) is 9.25. The molecule has 0 spiro atoms. The lowest BCUT2D eigenvalue weighted by molar-refractivity contribution is 0.0416. The number of benzene rings is 1. The third kappa shape index (κ3) is 2.66. The van der Waals surface area contributed by atoms with E-state index in [-0.39, 0.29) is 5.25 Å². The monoisotopic (exact) mass is 359 g/mol. The van der Waals surface area contributed by atoms with Gasteiger partial charge in [0.1, 0.15) is 5.25 Å². The Morgan fingerprint density at radius 2 is 2.10 bits per heavy atom. The van der Waals surface area contributed by atoms with Crippen molar-refractivity contribution in [3.05, 3.63) is 28.2 Å². The molecule has 1 aromatic carbocycles. The number of rotatable bonds is 3. The third-order valence-corrected chi connectivity index (χ3v) is 7.11. The maximum absolute atomic E-state index is 12.4. The lowest BCUT2D eigenvalue weighted by Crippen LogP contribution is -2.40. The Labute approximate surface area is 127 Å². The molecule has 0 saturated carbocycles. The Balaban J connectivity index is 1.87. The first-order valence-electron chi connectivity index (χ1n) is 6.91. The number of ether oxygens (including phenoxy) is 1. The summed E-state index contributed by atoms with van der Waals surface area (Å²) in [6.45, 7) is 2.66. The van der Waals surface area contributed by atoms with Gasteiger partial charge in [0.25, 0.3) is 0 Å². The summed E-state index contributed by atoms with van der Waals surface area (Å²) in [6, 6.07) is 5.65. The molecule has 0 amide bonds. The van der Waals surface area contributed by atoms with Crippen molar-refractivity contribution in [3.8, 4) is 0 Å². The summed E-state index contributed by atoms with van der Waals surface area (Å²) in [5, 5.41) is 3.00. The first kappa shape index (κ1) is 14.5. The van der Waals surface area contributed by atoms with Gasteiger partial charge in [-0.25, -0.2) is 8.42 Å². The molecule has 6 heteroatoms. The van der Waals surface area contributed by atoms with Crippen molar-refractivity contribution in [2.75, 3.05) is 26.3 Å². The van der Waals surface area contributed by atoms with Gasteiger partial charge in [0, 0.05) is 11.0 Å². The van der Waals surface area contributed by atoms with Crippen LogP contribution in [0.5, 0.6) is 0 Å². The van der Waals surface area contributed by atoms with E-state index in [1.165, 1.54) is 12.0 Å². The second kappa shape index (κ2) is 5.75. The van der Waals surface area contributed by atoms with Gasteiger partial charge >= 0.3 is 0 Å². The molecule has 0 aliphatic carbocycles. The van der Waals surface area contributed by atoms with Crippen LogP contribution in [0.1, 0.15) is 24.3 Å². The smallest absolute Gasteiger partial charge is 0.186 e. The molecule has 0 aromatic heterocycles. The summed E-state index contributed by atoms with van der Waals surface area (Å²) >= 11 is 3.43. The molecule has 2 aliphatic heterocycles. The Kier molecular flexibility index (Phi) is 4.17. The second-order valence-electron chi connectivity index (χ2n) is 5.44. The average Bonchev–Trinajstić information content (AvgIpc) is 2.36. The average molecular weight is 360 g/mol. The molecule has 1 unspecified atom stereocenters. The number of nitrogens with one attached hydrogen (secondary N) is 1. The van der Waals surface area contributed by atoms with Crippen LogP contribution in [0, 0.1) is 0 Å². The zero-order valence-electron chi connectivity index (χ0n) is 11.1. The van der Waals surface area contributed by atoms with Crippen molar-refractivity contribution in [2.24, 2.45) is 0 Å². The minimum Gasteiger partial charge on any atom is -0.379 e. The Morgan fingerprint density at radius 3 is 2.65 bits per heavy atom.